The summed E-state index contributed by atoms with van der Waals surface area (Å²) in [6.45, 7) is 5.39. The number of carbonyl (C=O) groups is 3. The van der Waals surface area contributed by atoms with Crippen LogP contribution in [-0.2, 0) is 14.4 Å². The average molecular weight is 361 g/mol. The zero-order valence-electron chi connectivity index (χ0n) is 15.9. The summed E-state index contributed by atoms with van der Waals surface area (Å²) in [5.41, 5.74) is 0.714. The van der Waals surface area contributed by atoms with Crippen molar-refractivity contribution in [3.05, 3.63) is 24.3 Å². The molecule has 0 aliphatic carbocycles. The van der Waals surface area contributed by atoms with E-state index in [0.29, 0.717) is 31.1 Å². The van der Waals surface area contributed by atoms with Gasteiger partial charge in [-0.25, -0.2) is 0 Å². The third kappa shape index (κ3) is 4.33. The van der Waals surface area contributed by atoms with Crippen molar-refractivity contribution in [1.29, 1.82) is 0 Å². The Hall–Kier alpha value is -2.57. The Morgan fingerprint density at radius 1 is 1.27 bits per heavy atom. The predicted molar refractivity (Wildman–Crippen MR) is 99.0 cm³/mol. The molecule has 1 saturated heterocycles. The topological polar surface area (TPSA) is 70.2 Å². The molecule has 0 aromatic heterocycles. The van der Waals surface area contributed by atoms with Crippen molar-refractivity contribution in [3.63, 3.8) is 0 Å². The van der Waals surface area contributed by atoms with Gasteiger partial charge in [-0.1, -0.05) is 6.07 Å². The molecule has 142 valence electrons. The monoisotopic (exact) mass is 361 g/mol. The molecule has 1 unspecified atom stereocenters. The van der Waals surface area contributed by atoms with Crippen LogP contribution in [0.4, 0.5) is 5.69 Å². The second kappa shape index (κ2) is 8.69. The SMILES string of the molecule is CCN(CC)C(=O)CN(C)C(=O)C1CC(=O)N(c2cccc(OC)c2)C1. The van der Waals surface area contributed by atoms with Gasteiger partial charge in [0.2, 0.25) is 17.7 Å². The summed E-state index contributed by atoms with van der Waals surface area (Å²) >= 11 is 0. The zero-order chi connectivity index (χ0) is 19.3. The molecule has 1 aromatic carbocycles. The highest BCUT2D eigenvalue weighted by molar-refractivity contribution is 6.00. The Morgan fingerprint density at radius 2 is 1.96 bits per heavy atom. The minimum atomic E-state index is -0.441. The van der Waals surface area contributed by atoms with E-state index in [1.165, 1.54) is 4.90 Å². The van der Waals surface area contributed by atoms with Crippen molar-refractivity contribution < 1.29 is 19.1 Å². The van der Waals surface area contributed by atoms with Gasteiger partial charge in [-0.15, -0.1) is 0 Å². The highest BCUT2D eigenvalue weighted by atomic mass is 16.5. The van der Waals surface area contributed by atoms with Crippen LogP contribution < -0.4 is 9.64 Å². The van der Waals surface area contributed by atoms with E-state index in [9.17, 15) is 14.4 Å². The summed E-state index contributed by atoms with van der Waals surface area (Å²) in [5.74, 6) is -0.139. The molecule has 1 heterocycles. The summed E-state index contributed by atoms with van der Waals surface area (Å²) in [6.07, 6.45) is 0.153. The first kappa shape index (κ1) is 19.8. The molecule has 0 saturated carbocycles. The number of carbonyl (C=O) groups excluding carboxylic acids is 3. The van der Waals surface area contributed by atoms with E-state index < -0.39 is 5.92 Å². The van der Waals surface area contributed by atoms with E-state index in [1.54, 1.807) is 36.1 Å². The van der Waals surface area contributed by atoms with Crippen LogP contribution in [-0.4, -0.2) is 67.9 Å². The standard InChI is InChI=1S/C19H27N3O4/c1-5-21(6-2)18(24)13-20(3)19(25)14-10-17(23)22(12-14)15-8-7-9-16(11-15)26-4/h7-9,11,14H,5-6,10,12-13H2,1-4H3. The maximum Gasteiger partial charge on any atom is 0.242 e. The van der Waals surface area contributed by atoms with Crippen LogP contribution in [0.15, 0.2) is 24.3 Å². The summed E-state index contributed by atoms with van der Waals surface area (Å²) in [7, 11) is 3.18. The zero-order valence-corrected chi connectivity index (χ0v) is 15.9. The molecular weight excluding hydrogens is 334 g/mol. The quantitative estimate of drug-likeness (QED) is 0.736. The second-order valence-electron chi connectivity index (χ2n) is 6.37. The lowest BCUT2D eigenvalue weighted by Gasteiger charge is -2.25. The number of amides is 3. The smallest absolute Gasteiger partial charge is 0.242 e. The van der Waals surface area contributed by atoms with Crippen LogP contribution in [0.5, 0.6) is 5.75 Å². The van der Waals surface area contributed by atoms with Crippen molar-refractivity contribution >= 4 is 23.4 Å². The Labute approximate surface area is 154 Å². The maximum atomic E-state index is 12.7. The molecule has 1 fully saturated rings. The average Bonchev–Trinajstić information content (AvgIpc) is 3.03. The largest absolute Gasteiger partial charge is 0.497 e. The molecular formula is C19H27N3O4. The lowest BCUT2D eigenvalue weighted by Crippen LogP contribution is -2.43. The minimum absolute atomic E-state index is 0.0321. The van der Waals surface area contributed by atoms with Gasteiger partial charge < -0.3 is 19.4 Å². The van der Waals surface area contributed by atoms with E-state index in [4.69, 9.17) is 4.74 Å². The van der Waals surface area contributed by atoms with Crippen LogP contribution in [0.2, 0.25) is 0 Å². The Morgan fingerprint density at radius 3 is 2.58 bits per heavy atom. The molecule has 7 nitrogen and oxygen atoms in total. The highest BCUT2D eigenvalue weighted by Crippen LogP contribution is 2.28. The fourth-order valence-electron chi connectivity index (χ4n) is 3.17. The van der Waals surface area contributed by atoms with Gasteiger partial charge in [-0.3, -0.25) is 14.4 Å². The number of ether oxygens (including phenoxy) is 1. The minimum Gasteiger partial charge on any atom is -0.497 e. The summed E-state index contributed by atoms with van der Waals surface area (Å²) in [4.78, 5) is 42.0. The van der Waals surface area contributed by atoms with Gasteiger partial charge in [0.15, 0.2) is 0 Å². The molecule has 7 heteroatoms. The third-order valence-electron chi connectivity index (χ3n) is 4.70. The third-order valence-corrected chi connectivity index (χ3v) is 4.70. The predicted octanol–water partition coefficient (Wildman–Crippen LogP) is 1.37. The van der Waals surface area contributed by atoms with Crippen molar-refractivity contribution in [3.8, 4) is 5.75 Å². The fourth-order valence-corrected chi connectivity index (χ4v) is 3.17. The number of anilines is 1. The van der Waals surface area contributed by atoms with Crippen LogP contribution in [0.25, 0.3) is 0 Å². The van der Waals surface area contributed by atoms with Crippen molar-refractivity contribution in [2.45, 2.75) is 20.3 Å². The van der Waals surface area contributed by atoms with E-state index >= 15 is 0 Å². The van der Waals surface area contributed by atoms with E-state index in [-0.39, 0.29) is 30.7 Å². The first-order valence-corrected chi connectivity index (χ1v) is 8.88. The Balaban J connectivity index is 2.02. The molecule has 1 aliphatic heterocycles. The number of benzene rings is 1. The van der Waals surface area contributed by atoms with Crippen molar-refractivity contribution in [2.75, 3.05) is 45.2 Å². The molecule has 26 heavy (non-hydrogen) atoms. The lowest BCUT2D eigenvalue weighted by molar-refractivity contribution is -0.141. The molecule has 0 N–H and O–H groups in total. The fraction of sp³-hybridized carbons (Fsp3) is 0.526. The maximum absolute atomic E-state index is 12.7. The van der Waals surface area contributed by atoms with Gasteiger partial charge in [0, 0.05) is 44.9 Å². The van der Waals surface area contributed by atoms with Gasteiger partial charge in [0.05, 0.1) is 19.6 Å². The van der Waals surface area contributed by atoms with E-state index in [1.807, 2.05) is 26.0 Å². The number of hydrogen-bond donors (Lipinski definition) is 0. The summed E-state index contributed by atoms with van der Waals surface area (Å²) < 4.78 is 5.19. The van der Waals surface area contributed by atoms with Gasteiger partial charge in [0.1, 0.15) is 5.75 Å². The Bertz CT molecular complexity index is 673. The molecule has 1 atom stereocenters. The lowest BCUT2D eigenvalue weighted by atomic mass is 10.1. The van der Waals surface area contributed by atoms with Crippen LogP contribution in [0.3, 0.4) is 0 Å². The first-order chi connectivity index (χ1) is 12.4. The molecule has 1 aliphatic rings. The van der Waals surface area contributed by atoms with Crippen molar-refractivity contribution in [2.24, 2.45) is 5.92 Å². The molecule has 1 aromatic rings. The number of nitrogens with zero attached hydrogens (tertiary/aromatic N) is 3. The normalized spacial score (nSPS) is 16.5. The van der Waals surface area contributed by atoms with Crippen LogP contribution in [0.1, 0.15) is 20.3 Å². The number of rotatable bonds is 7. The number of methoxy groups -OCH3 is 1. The molecule has 0 radical (unpaired) electrons. The molecule has 0 bridgehead atoms. The first-order valence-electron chi connectivity index (χ1n) is 8.88. The highest BCUT2D eigenvalue weighted by Gasteiger charge is 2.37. The van der Waals surface area contributed by atoms with E-state index in [2.05, 4.69) is 0 Å². The van der Waals surface area contributed by atoms with Crippen molar-refractivity contribution in [1.82, 2.24) is 9.80 Å². The molecule has 3 amide bonds. The summed E-state index contributed by atoms with van der Waals surface area (Å²) in [6, 6.07) is 7.21. The number of likely N-dealkylation sites (N-methyl/N-ethyl adjacent to an activating group) is 2. The van der Waals surface area contributed by atoms with Gasteiger partial charge in [-0.05, 0) is 26.0 Å². The van der Waals surface area contributed by atoms with Gasteiger partial charge in [-0.2, -0.15) is 0 Å². The van der Waals surface area contributed by atoms with Crippen LogP contribution >= 0.6 is 0 Å². The summed E-state index contributed by atoms with van der Waals surface area (Å²) in [5, 5.41) is 0. The van der Waals surface area contributed by atoms with Gasteiger partial charge >= 0.3 is 0 Å². The molecule has 2 rings (SSSR count). The second-order valence-corrected chi connectivity index (χ2v) is 6.37. The Kier molecular flexibility index (Phi) is 6.60. The van der Waals surface area contributed by atoms with Gasteiger partial charge in [0.25, 0.3) is 0 Å². The number of hydrogen-bond acceptors (Lipinski definition) is 4. The van der Waals surface area contributed by atoms with E-state index in [0.717, 1.165) is 0 Å². The molecule has 0 spiro atoms. The van der Waals surface area contributed by atoms with Crippen LogP contribution in [0, 0.1) is 5.92 Å².